The molecule has 2 aromatic heterocycles. The quantitative estimate of drug-likeness (QED) is 0.789. The first-order valence-electron chi connectivity index (χ1n) is 6.04. The smallest absolute Gasteiger partial charge is 0.264 e. The number of hydrogen-bond donors (Lipinski definition) is 2. The minimum atomic E-state index is -0.825. The van der Waals surface area contributed by atoms with Gasteiger partial charge in [-0.3, -0.25) is 9.36 Å². The summed E-state index contributed by atoms with van der Waals surface area (Å²) < 4.78 is 6.53. The van der Waals surface area contributed by atoms with Crippen molar-refractivity contribution in [1.29, 1.82) is 0 Å². The van der Waals surface area contributed by atoms with Crippen molar-refractivity contribution in [3.05, 3.63) is 29.0 Å². The van der Waals surface area contributed by atoms with Gasteiger partial charge in [0.1, 0.15) is 11.7 Å². The molecule has 1 aliphatic rings. The Hall–Kier alpha value is -1.66. The van der Waals surface area contributed by atoms with Crippen LogP contribution in [0.4, 0.5) is 0 Å². The van der Waals surface area contributed by atoms with E-state index in [-0.39, 0.29) is 12.1 Å². The van der Waals surface area contributed by atoms with Crippen molar-refractivity contribution < 1.29 is 9.52 Å². The molecule has 6 nitrogen and oxygen atoms in total. The monoisotopic (exact) mass is 249 g/mol. The van der Waals surface area contributed by atoms with Crippen molar-refractivity contribution in [3.63, 3.8) is 0 Å². The molecule has 3 heterocycles. The molecule has 1 aliphatic heterocycles. The Morgan fingerprint density at radius 2 is 2.28 bits per heavy atom. The predicted octanol–water partition coefficient (Wildman–Crippen LogP) is 0.104. The fourth-order valence-electron chi connectivity index (χ4n) is 2.37. The lowest BCUT2D eigenvalue weighted by molar-refractivity contribution is -0.00629. The first-order valence-corrected chi connectivity index (χ1v) is 6.04. The highest BCUT2D eigenvalue weighted by atomic mass is 16.3. The Kier molecular flexibility index (Phi) is 2.68. The lowest BCUT2D eigenvalue weighted by Gasteiger charge is -2.32. The van der Waals surface area contributed by atoms with Crippen LogP contribution >= 0.6 is 0 Å². The van der Waals surface area contributed by atoms with Crippen LogP contribution in [0, 0.1) is 0 Å². The fraction of sp³-hybridized carbons (Fsp3) is 0.500. The van der Waals surface area contributed by atoms with E-state index in [9.17, 15) is 9.90 Å². The third-order valence-corrected chi connectivity index (χ3v) is 3.45. The highest BCUT2D eigenvalue weighted by Crippen LogP contribution is 2.19. The topological polar surface area (TPSA) is 80.3 Å². The molecular formula is C12H15N3O3. The molecule has 1 saturated heterocycles. The maximum Gasteiger partial charge on any atom is 0.264 e. The zero-order valence-electron chi connectivity index (χ0n) is 9.93. The Balaban J connectivity index is 1.94. The van der Waals surface area contributed by atoms with Gasteiger partial charge >= 0.3 is 0 Å². The Labute approximate surface area is 103 Å². The molecule has 0 aromatic carbocycles. The van der Waals surface area contributed by atoms with Crippen molar-refractivity contribution in [2.45, 2.75) is 25.0 Å². The maximum atomic E-state index is 12.1. The standard InChI is InChI=1S/C12H15N3O3/c16-11-9-1-6-18-10(9)14-8-15(11)7-12(17)2-4-13-5-3-12/h1,6,8,13,17H,2-5,7H2. The van der Waals surface area contributed by atoms with E-state index >= 15 is 0 Å². The van der Waals surface area contributed by atoms with Crippen LogP contribution in [-0.2, 0) is 6.54 Å². The van der Waals surface area contributed by atoms with Crippen molar-refractivity contribution in [2.24, 2.45) is 0 Å². The van der Waals surface area contributed by atoms with Gasteiger partial charge < -0.3 is 14.8 Å². The van der Waals surface area contributed by atoms with Gasteiger partial charge in [-0.2, -0.15) is 0 Å². The van der Waals surface area contributed by atoms with Crippen LogP contribution in [0.1, 0.15) is 12.8 Å². The number of piperidine rings is 1. The van der Waals surface area contributed by atoms with E-state index in [4.69, 9.17) is 4.42 Å². The summed E-state index contributed by atoms with van der Waals surface area (Å²) in [5.41, 5.74) is -0.650. The second kappa shape index (κ2) is 4.22. The van der Waals surface area contributed by atoms with E-state index in [1.807, 2.05) is 0 Å². The van der Waals surface area contributed by atoms with Gasteiger partial charge in [0.25, 0.3) is 5.56 Å². The average molecular weight is 249 g/mol. The van der Waals surface area contributed by atoms with Crippen LogP contribution in [0.2, 0.25) is 0 Å². The van der Waals surface area contributed by atoms with Gasteiger partial charge in [0.15, 0.2) is 0 Å². The minimum Gasteiger partial charge on any atom is -0.446 e. The first-order chi connectivity index (χ1) is 8.68. The average Bonchev–Trinajstić information content (AvgIpc) is 2.83. The normalized spacial score (nSPS) is 19.2. The molecule has 18 heavy (non-hydrogen) atoms. The first kappa shape index (κ1) is 11.4. The molecule has 0 radical (unpaired) electrons. The Bertz CT molecular complexity index is 610. The van der Waals surface area contributed by atoms with Crippen LogP contribution in [-0.4, -0.2) is 33.3 Å². The zero-order valence-corrected chi connectivity index (χ0v) is 9.93. The Morgan fingerprint density at radius 3 is 3.06 bits per heavy atom. The van der Waals surface area contributed by atoms with Crippen LogP contribution in [0.25, 0.3) is 11.1 Å². The number of fused-ring (bicyclic) bond motifs is 1. The summed E-state index contributed by atoms with van der Waals surface area (Å²) in [6.07, 6.45) is 4.17. The molecule has 0 unspecified atom stereocenters. The third kappa shape index (κ3) is 1.93. The number of nitrogens with zero attached hydrogens (tertiary/aromatic N) is 2. The predicted molar refractivity (Wildman–Crippen MR) is 65.3 cm³/mol. The Morgan fingerprint density at radius 1 is 1.50 bits per heavy atom. The van der Waals surface area contributed by atoms with Gasteiger partial charge in [-0.05, 0) is 32.0 Å². The molecule has 2 N–H and O–H groups in total. The van der Waals surface area contributed by atoms with Gasteiger partial charge in [-0.1, -0.05) is 0 Å². The van der Waals surface area contributed by atoms with Crippen molar-refractivity contribution in [1.82, 2.24) is 14.9 Å². The molecule has 6 heteroatoms. The van der Waals surface area contributed by atoms with E-state index < -0.39 is 5.60 Å². The van der Waals surface area contributed by atoms with Crippen molar-refractivity contribution in [2.75, 3.05) is 13.1 Å². The molecule has 0 amide bonds. The van der Waals surface area contributed by atoms with Gasteiger partial charge in [0.2, 0.25) is 5.71 Å². The highest BCUT2D eigenvalue weighted by Gasteiger charge is 2.30. The van der Waals surface area contributed by atoms with Crippen molar-refractivity contribution >= 4 is 11.1 Å². The number of nitrogens with one attached hydrogen (secondary N) is 1. The van der Waals surface area contributed by atoms with E-state index in [0.29, 0.717) is 23.9 Å². The van der Waals surface area contributed by atoms with Crippen LogP contribution in [0.5, 0.6) is 0 Å². The summed E-state index contributed by atoms with van der Waals surface area (Å²) in [6.45, 7) is 1.82. The summed E-state index contributed by atoms with van der Waals surface area (Å²) in [5.74, 6) is 0. The number of aromatic nitrogens is 2. The lowest BCUT2D eigenvalue weighted by Crippen LogP contribution is -2.46. The summed E-state index contributed by atoms with van der Waals surface area (Å²) >= 11 is 0. The molecule has 0 saturated carbocycles. The van der Waals surface area contributed by atoms with Crippen LogP contribution < -0.4 is 10.9 Å². The third-order valence-electron chi connectivity index (χ3n) is 3.45. The molecule has 96 valence electrons. The van der Waals surface area contributed by atoms with E-state index in [1.165, 1.54) is 17.2 Å². The second-order valence-corrected chi connectivity index (χ2v) is 4.79. The molecule has 2 aromatic rings. The summed E-state index contributed by atoms with van der Waals surface area (Å²) in [4.78, 5) is 16.2. The highest BCUT2D eigenvalue weighted by molar-refractivity contribution is 5.71. The van der Waals surface area contributed by atoms with E-state index in [1.54, 1.807) is 6.07 Å². The maximum absolute atomic E-state index is 12.1. The molecule has 1 fully saturated rings. The molecule has 3 rings (SSSR count). The molecule has 0 spiro atoms. The van der Waals surface area contributed by atoms with Crippen molar-refractivity contribution in [3.8, 4) is 0 Å². The summed E-state index contributed by atoms with van der Waals surface area (Å²) in [6, 6.07) is 1.60. The van der Waals surface area contributed by atoms with Crippen LogP contribution in [0.15, 0.2) is 27.9 Å². The largest absolute Gasteiger partial charge is 0.446 e. The fourth-order valence-corrected chi connectivity index (χ4v) is 2.37. The van der Waals surface area contributed by atoms with Gasteiger partial charge in [-0.25, -0.2) is 4.98 Å². The second-order valence-electron chi connectivity index (χ2n) is 4.79. The SMILES string of the molecule is O=c1c2ccoc2ncn1CC1(O)CCNCC1. The molecule has 0 atom stereocenters. The zero-order chi connectivity index (χ0) is 12.6. The summed E-state index contributed by atoms with van der Waals surface area (Å²) in [7, 11) is 0. The van der Waals surface area contributed by atoms with E-state index in [0.717, 1.165) is 13.1 Å². The van der Waals surface area contributed by atoms with Gasteiger partial charge in [0, 0.05) is 0 Å². The van der Waals surface area contributed by atoms with Gasteiger partial charge in [0.05, 0.1) is 18.4 Å². The minimum absolute atomic E-state index is 0.166. The lowest BCUT2D eigenvalue weighted by atomic mass is 9.92. The number of rotatable bonds is 2. The number of aliphatic hydroxyl groups is 1. The molecule has 0 bridgehead atoms. The number of furan rings is 1. The summed E-state index contributed by atoms with van der Waals surface area (Å²) in [5, 5.41) is 14.1. The molecule has 0 aliphatic carbocycles. The number of hydrogen-bond acceptors (Lipinski definition) is 5. The van der Waals surface area contributed by atoms with E-state index in [2.05, 4.69) is 10.3 Å². The van der Waals surface area contributed by atoms with Crippen LogP contribution in [0.3, 0.4) is 0 Å². The molecular weight excluding hydrogens is 234 g/mol. The van der Waals surface area contributed by atoms with Gasteiger partial charge in [-0.15, -0.1) is 0 Å².